The molecule has 232 valence electrons. The summed E-state index contributed by atoms with van der Waals surface area (Å²) < 4.78 is 25.7. The molecule has 8 heteroatoms. The van der Waals surface area contributed by atoms with Gasteiger partial charge in [0, 0.05) is 29.2 Å². The standard InChI is InChI=1S/C37H37FN2O5/c1-44-37(43)33(39-32-17-9-7-15-30(32)35(41)27-11-3-2-4-12-27)25-26-19-21-29(22-20-26)45-24-23-40(34-18-10-8-16-31(34)38)36(42)28-13-5-6-14-28/h2-4,7-12,15-22,28,33,39H,5-6,13-14,23-25H2,1H3/t33-/m0/s1. The molecule has 4 aromatic rings. The minimum absolute atomic E-state index is 0.0649. The molecule has 1 amide bonds. The molecule has 0 bridgehead atoms. The third-order valence-corrected chi connectivity index (χ3v) is 8.08. The Bertz CT molecular complexity index is 1600. The number of ketones is 1. The van der Waals surface area contributed by atoms with Crippen LogP contribution in [0.5, 0.6) is 5.75 Å². The van der Waals surface area contributed by atoms with Crippen LogP contribution in [0, 0.1) is 11.7 Å². The van der Waals surface area contributed by atoms with E-state index in [1.54, 1.807) is 66.7 Å². The number of ether oxygens (including phenoxy) is 2. The monoisotopic (exact) mass is 608 g/mol. The first kappa shape index (κ1) is 31.4. The van der Waals surface area contributed by atoms with Gasteiger partial charge in [-0.2, -0.15) is 0 Å². The van der Waals surface area contributed by atoms with E-state index in [-0.39, 0.29) is 36.4 Å². The van der Waals surface area contributed by atoms with Crippen molar-refractivity contribution in [1.82, 2.24) is 0 Å². The normalized spacial score (nSPS) is 13.6. The fourth-order valence-electron chi connectivity index (χ4n) is 5.70. The second-order valence-corrected chi connectivity index (χ2v) is 11.1. The highest BCUT2D eigenvalue weighted by molar-refractivity contribution is 6.12. The van der Waals surface area contributed by atoms with Crippen molar-refractivity contribution in [3.8, 4) is 5.75 Å². The summed E-state index contributed by atoms with van der Waals surface area (Å²) in [5.74, 6) is -0.621. The summed E-state index contributed by atoms with van der Waals surface area (Å²) >= 11 is 0. The average molecular weight is 609 g/mol. The summed E-state index contributed by atoms with van der Waals surface area (Å²) in [5.41, 5.74) is 2.66. The predicted molar refractivity (Wildman–Crippen MR) is 172 cm³/mol. The number of para-hydroxylation sites is 2. The molecule has 0 aromatic heterocycles. The number of rotatable bonds is 13. The third-order valence-electron chi connectivity index (χ3n) is 8.08. The van der Waals surface area contributed by atoms with Crippen LogP contribution in [0.25, 0.3) is 0 Å². The first-order valence-corrected chi connectivity index (χ1v) is 15.3. The van der Waals surface area contributed by atoms with Crippen LogP contribution in [0.15, 0.2) is 103 Å². The van der Waals surface area contributed by atoms with Crippen LogP contribution in [-0.2, 0) is 20.7 Å². The smallest absolute Gasteiger partial charge is 0.328 e. The molecule has 0 spiro atoms. The number of esters is 1. The number of nitrogens with zero attached hydrogens (tertiary/aromatic N) is 1. The Balaban J connectivity index is 1.23. The number of nitrogens with one attached hydrogen (secondary N) is 1. The minimum atomic E-state index is -0.748. The molecular weight excluding hydrogens is 571 g/mol. The number of carbonyl (C=O) groups is 3. The van der Waals surface area contributed by atoms with Gasteiger partial charge in [-0.1, -0.05) is 79.6 Å². The van der Waals surface area contributed by atoms with Crippen LogP contribution in [0.4, 0.5) is 15.8 Å². The van der Waals surface area contributed by atoms with Crippen LogP contribution < -0.4 is 15.0 Å². The second-order valence-electron chi connectivity index (χ2n) is 11.1. The molecule has 0 aliphatic heterocycles. The van der Waals surface area contributed by atoms with E-state index in [1.807, 2.05) is 30.3 Å². The molecule has 0 unspecified atom stereocenters. The predicted octanol–water partition coefficient (Wildman–Crippen LogP) is 6.86. The molecule has 0 saturated heterocycles. The highest BCUT2D eigenvalue weighted by Gasteiger charge is 2.29. The van der Waals surface area contributed by atoms with Crippen LogP contribution in [0.3, 0.4) is 0 Å². The lowest BCUT2D eigenvalue weighted by atomic mass is 10.00. The van der Waals surface area contributed by atoms with E-state index < -0.39 is 17.8 Å². The Kier molecular flexibility index (Phi) is 10.6. The average Bonchev–Trinajstić information content (AvgIpc) is 3.63. The van der Waals surface area contributed by atoms with Crippen molar-refractivity contribution >= 4 is 29.0 Å². The Hall–Kier alpha value is -4.98. The van der Waals surface area contributed by atoms with Gasteiger partial charge >= 0.3 is 5.97 Å². The van der Waals surface area contributed by atoms with E-state index in [9.17, 15) is 18.8 Å². The molecule has 1 atom stereocenters. The molecule has 0 heterocycles. The Labute approximate surface area is 263 Å². The Morgan fingerprint density at radius 1 is 0.867 bits per heavy atom. The topological polar surface area (TPSA) is 84.9 Å². The number of benzene rings is 4. The number of hydrogen-bond donors (Lipinski definition) is 1. The first-order valence-electron chi connectivity index (χ1n) is 15.3. The summed E-state index contributed by atoms with van der Waals surface area (Å²) in [6.45, 7) is 0.401. The van der Waals surface area contributed by atoms with Crippen LogP contribution in [-0.4, -0.2) is 44.0 Å². The first-order chi connectivity index (χ1) is 21.9. The molecule has 7 nitrogen and oxygen atoms in total. The van der Waals surface area contributed by atoms with Gasteiger partial charge in [-0.05, 0) is 54.8 Å². The fraction of sp³-hybridized carbons (Fsp3) is 0.270. The van der Waals surface area contributed by atoms with E-state index in [4.69, 9.17) is 9.47 Å². The highest BCUT2D eigenvalue weighted by Crippen LogP contribution is 2.30. The molecule has 5 rings (SSSR count). The molecular formula is C37H37FN2O5. The molecule has 4 aromatic carbocycles. The molecule has 0 radical (unpaired) electrons. The SMILES string of the molecule is COC(=O)[C@H](Cc1ccc(OCCN(C(=O)C2CCCC2)c2ccccc2F)cc1)Nc1ccccc1C(=O)c1ccccc1. The van der Waals surface area contributed by atoms with E-state index in [0.717, 1.165) is 31.2 Å². The number of methoxy groups -OCH3 is 1. The van der Waals surface area contributed by atoms with Gasteiger partial charge < -0.3 is 19.7 Å². The van der Waals surface area contributed by atoms with Gasteiger partial charge in [0.15, 0.2) is 5.78 Å². The van der Waals surface area contributed by atoms with Crippen molar-refractivity contribution in [3.63, 3.8) is 0 Å². The van der Waals surface area contributed by atoms with Gasteiger partial charge in [0.1, 0.15) is 24.2 Å². The molecule has 1 aliphatic carbocycles. The van der Waals surface area contributed by atoms with Crippen molar-refractivity contribution in [2.45, 2.75) is 38.1 Å². The van der Waals surface area contributed by atoms with E-state index in [1.165, 1.54) is 18.1 Å². The van der Waals surface area contributed by atoms with Gasteiger partial charge in [0.05, 0.1) is 19.3 Å². The quantitative estimate of drug-likeness (QED) is 0.132. The second kappa shape index (κ2) is 15.1. The summed E-state index contributed by atoms with van der Waals surface area (Å²) in [6.07, 6.45) is 3.97. The lowest BCUT2D eigenvalue weighted by molar-refractivity contribution is -0.141. The van der Waals surface area contributed by atoms with Crippen molar-refractivity contribution < 1.29 is 28.2 Å². The number of halogens is 1. The summed E-state index contributed by atoms with van der Waals surface area (Å²) in [5, 5.41) is 3.22. The molecule has 1 aliphatic rings. The van der Waals surface area contributed by atoms with Crippen molar-refractivity contribution in [1.29, 1.82) is 0 Å². The van der Waals surface area contributed by atoms with Crippen molar-refractivity contribution in [2.24, 2.45) is 5.92 Å². The van der Waals surface area contributed by atoms with Crippen LogP contribution in [0.2, 0.25) is 0 Å². The molecule has 1 fully saturated rings. The van der Waals surface area contributed by atoms with Gasteiger partial charge in [-0.3, -0.25) is 9.59 Å². The summed E-state index contributed by atoms with van der Waals surface area (Å²) in [7, 11) is 1.33. The van der Waals surface area contributed by atoms with Gasteiger partial charge in [-0.15, -0.1) is 0 Å². The zero-order valence-electron chi connectivity index (χ0n) is 25.3. The zero-order chi connectivity index (χ0) is 31.6. The maximum Gasteiger partial charge on any atom is 0.328 e. The van der Waals surface area contributed by atoms with Gasteiger partial charge in [0.2, 0.25) is 5.91 Å². The van der Waals surface area contributed by atoms with E-state index in [2.05, 4.69) is 5.32 Å². The van der Waals surface area contributed by atoms with Crippen LogP contribution in [0.1, 0.15) is 47.2 Å². The molecule has 45 heavy (non-hydrogen) atoms. The van der Waals surface area contributed by atoms with E-state index in [0.29, 0.717) is 29.0 Å². The fourth-order valence-corrected chi connectivity index (χ4v) is 5.70. The molecule has 1 saturated carbocycles. The lowest BCUT2D eigenvalue weighted by Crippen LogP contribution is -2.38. The lowest BCUT2D eigenvalue weighted by Gasteiger charge is -2.26. The number of hydrogen-bond acceptors (Lipinski definition) is 6. The zero-order valence-corrected chi connectivity index (χ0v) is 25.3. The van der Waals surface area contributed by atoms with Gasteiger partial charge in [0.25, 0.3) is 0 Å². The van der Waals surface area contributed by atoms with Gasteiger partial charge in [-0.25, -0.2) is 9.18 Å². The molecule has 1 N–H and O–H groups in total. The van der Waals surface area contributed by atoms with Crippen LogP contribution >= 0.6 is 0 Å². The number of carbonyl (C=O) groups excluding carboxylic acids is 3. The highest BCUT2D eigenvalue weighted by atomic mass is 19.1. The summed E-state index contributed by atoms with van der Waals surface area (Å²) in [6, 6.07) is 28.9. The number of anilines is 2. The Morgan fingerprint density at radius 3 is 2.24 bits per heavy atom. The Morgan fingerprint density at radius 2 is 1.53 bits per heavy atom. The number of amides is 1. The largest absolute Gasteiger partial charge is 0.492 e. The van der Waals surface area contributed by atoms with Crippen molar-refractivity contribution in [3.05, 3.63) is 126 Å². The van der Waals surface area contributed by atoms with Crippen molar-refractivity contribution in [2.75, 3.05) is 30.5 Å². The summed E-state index contributed by atoms with van der Waals surface area (Å²) in [4.78, 5) is 40.8. The van der Waals surface area contributed by atoms with E-state index >= 15 is 0 Å². The maximum absolute atomic E-state index is 14.7. The maximum atomic E-state index is 14.7. The minimum Gasteiger partial charge on any atom is -0.492 e. The third kappa shape index (κ3) is 7.95.